The van der Waals surface area contributed by atoms with E-state index in [1.165, 1.54) is 24.8 Å². The van der Waals surface area contributed by atoms with Crippen molar-refractivity contribution in [1.82, 2.24) is 10.3 Å². The number of hydrogen-bond donors (Lipinski definition) is 1. The van der Waals surface area contributed by atoms with Crippen LogP contribution in [0.5, 0.6) is 0 Å². The van der Waals surface area contributed by atoms with E-state index in [2.05, 4.69) is 36.2 Å². The molecule has 0 aromatic carbocycles. The Balaban J connectivity index is 1.82. The lowest BCUT2D eigenvalue weighted by atomic mass is 10.1. The molecule has 0 spiro atoms. The summed E-state index contributed by atoms with van der Waals surface area (Å²) in [5, 5.41) is 3.40. The Kier molecular flexibility index (Phi) is 4.22. The van der Waals surface area contributed by atoms with E-state index in [1.54, 1.807) is 0 Å². The molecule has 4 heteroatoms. The third-order valence-electron chi connectivity index (χ3n) is 4.36. The minimum absolute atomic E-state index is 0.420. The van der Waals surface area contributed by atoms with Crippen LogP contribution >= 0.6 is 0 Å². The number of ether oxygens (including phenoxy) is 1. The van der Waals surface area contributed by atoms with E-state index >= 15 is 0 Å². The average Bonchev–Trinajstić information content (AvgIpc) is 2.92. The second-order valence-electron chi connectivity index (χ2n) is 5.86. The van der Waals surface area contributed by atoms with Crippen LogP contribution in [0.1, 0.15) is 37.4 Å². The first kappa shape index (κ1) is 13.8. The van der Waals surface area contributed by atoms with Crippen molar-refractivity contribution in [2.75, 3.05) is 24.6 Å². The molecule has 2 aliphatic rings. The molecular formula is C16H25N3O. The van der Waals surface area contributed by atoms with E-state index in [0.717, 1.165) is 37.8 Å². The molecular weight excluding hydrogens is 250 g/mol. The Morgan fingerprint density at radius 2 is 2.30 bits per heavy atom. The van der Waals surface area contributed by atoms with Gasteiger partial charge in [0.2, 0.25) is 0 Å². The molecule has 2 heterocycles. The summed E-state index contributed by atoms with van der Waals surface area (Å²) in [7, 11) is 0. The molecule has 20 heavy (non-hydrogen) atoms. The molecule has 1 aromatic rings. The van der Waals surface area contributed by atoms with Crippen molar-refractivity contribution in [3.63, 3.8) is 0 Å². The maximum atomic E-state index is 5.90. The third-order valence-corrected chi connectivity index (χ3v) is 4.36. The molecule has 1 aromatic heterocycles. The monoisotopic (exact) mass is 275 g/mol. The summed E-state index contributed by atoms with van der Waals surface area (Å²) in [5.41, 5.74) is 2.44. The summed E-state index contributed by atoms with van der Waals surface area (Å²) in [4.78, 5) is 7.24. The summed E-state index contributed by atoms with van der Waals surface area (Å²) in [6.45, 7) is 7.95. The minimum atomic E-state index is 0.420. The molecule has 2 fully saturated rings. The van der Waals surface area contributed by atoms with Gasteiger partial charge in [0.1, 0.15) is 5.82 Å². The first-order valence-corrected chi connectivity index (χ1v) is 7.84. The Labute approximate surface area is 121 Å². The van der Waals surface area contributed by atoms with E-state index < -0.39 is 0 Å². The first-order valence-electron chi connectivity index (χ1n) is 7.84. The van der Waals surface area contributed by atoms with Crippen LogP contribution < -0.4 is 10.2 Å². The van der Waals surface area contributed by atoms with E-state index in [0.29, 0.717) is 12.1 Å². The number of aryl methyl sites for hydroxylation is 1. The molecule has 3 rings (SSSR count). The standard InChI is InChI=1S/C16H25N3O/c1-3-17-11-13-9-12(2)18-16(10-13)19-7-8-20-15-6-4-5-14(15)19/h9-10,14-15,17H,3-8,11H2,1-2H3. The lowest BCUT2D eigenvalue weighted by molar-refractivity contribution is 0.0253. The third kappa shape index (κ3) is 2.81. The zero-order valence-corrected chi connectivity index (χ0v) is 12.6. The van der Waals surface area contributed by atoms with Gasteiger partial charge in [-0.3, -0.25) is 0 Å². The molecule has 1 N–H and O–H groups in total. The smallest absolute Gasteiger partial charge is 0.129 e. The van der Waals surface area contributed by atoms with Crippen molar-refractivity contribution in [2.24, 2.45) is 0 Å². The number of morpholine rings is 1. The van der Waals surface area contributed by atoms with Crippen LogP contribution in [0, 0.1) is 6.92 Å². The van der Waals surface area contributed by atoms with E-state index in [1.807, 2.05) is 0 Å². The fraction of sp³-hybridized carbons (Fsp3) is 0.688. The molecule has 1 saturated heterocycles. The zero-order chi connectivity index (χ0) is 13.9. The summed E-state index contributed by atoms with van der Waals surface area (Å²) in [5.74, 6) is 1.14. The van der Waals surface area contributed by atoms with Crippen molar-refractivity contribution < 1.29 is 4.74 Å². The highest BCUT2D eigenvalue weighted by atomic mass is 16.5. The molecule has 2 atom stereocenters. The second-order valence-corrected chi connectivity index (χ2v) is 5.86. The number of nitrogens with zero attached hydrogens (tertiary/aromatic N) is 2. The maximum absolute atomic E-state index is 5.90. The molecule has 0 bridgehead atoms. The highest BCUT2D eigenvalue weighted by Gasteiger charge is 2.36. The number of rotatable bonds is 4. The lowest BCUT2D eigenvalue weighted by Crippen LogP contribution is -2.49. The summed E-state index contributed by atoms with van der Waals surface area (Å²) < 4.78 is 5.90. The van der Waals surface area contributed by atoms with Gasteiger partial charge in [-0.05, 0) is 50.4 Å². The second kappa shape index (κ2) is 6.10. The molecule has 0 amide bonds. The highest BCUT2D eigenvalue weighted by molar-refractivity contribution is 5.45. The van der Waals surface area contributed by atoms with Gasteiger partial charge in [0.05, 0.1) is 18.8 Å². The quantitative estimate of drug-likeness (QED) is 0.914. The normalized spacial score (nSPS) is 25.8. The molecule has 1 aliphatic heterocycles. The highest BCUT2D eigenvalue weighted by Crippen LogP contribution is 2.32. The SMILES string of the molecule is CCNCc1cc(C)nc(N2CCOC3CCCC32)c1. The molecule has 1 aliphatic carbocycles. The van der Waals surface area contributed by atoms with Crippen molar-refractivity contribution in [3.8, 4) is 0 Å². The molecule has 4 nitrogen and oxygen atoms in total. The van der Waals surface area contributed by atoms with E-state index in [4.69, 9.17) is 9.72 Å². The van der Waals surface area contributed by atoms with Crippen molar-refractivity contribution in [2.45, 2.75) is 51.8 Å². The number of aromatic nitrogens is 1. The number of anilines is 1. The summed E-state index contributed by atoms with van der Waals surface area (Å²) in [6.07, 6.45) is 4.14. The fourth-order valence-corrected chi connectivity index (χ4v) is 3.45. The zero-order valence-electron chi connectivity index (χ0n) is 12.6. The summed E-state index contributed by atoms with van der Waals surface area (Å²) in [6, 6.07) is 4.96. The van der Waals surface area contributed by atoms with E-state index in [-0.39, 0.29) is 0 Å². The van der Waals surface area contributed by atoms with Crippen molar-refractivity contribution in [1.29, 1.82) is 0 Å². The van der Waals surface area contributed by atoms with Crippen LogP contribution in [-0.4, -0.2) is 36.8 Å². The Morgan fingerprint density at radius 3 is 3.15 bits per heavy atom. The van der Waals surface area contributed by atoms with Gasteiger partial charge < -0.3 is 15.0 Å². The number of hydrogen-bond acceptors (Lipinski definition) is 4. The van der Waals surface area contributed by atoms with Crippen LogP contribution in [0.3, 0.4) is 0 Å². The number of fused-ring (bicyclic) bond motifs is 1. The van der Waals surface area contributed by atoms with Crippen LogP contribution in [0.2, 0.25) is 0 Å². The van der Waals surface area contributed by atoms with Crippen LogP contribution in [0.25, 0.3) is 0 Å². The van der Waals surface area contributed by atoms with Crippen LogP contribution in [0.4, 0.5) is 5.82 Å². The van der Waals surface area contributed by atoms with Gasteiger partial charge in [-0.15, -0.1) is 0 Å². The van der Waals surface area contributed by atoms with Crippen molar-refractivity contribution >= 4 is 5.82 Å². The van der Waals surface area contributed by atoms with Crippen molar-refractivity contribution in [3.05, 3.63) is 23.4 Å². The Bertz CT molecular complexity index is 463. The predicted octanol–water partition coefficient (Wildman–Crippen LogP) is 2.26. The Morgan fingerprint density at radius 1 is 1.40 bits per heavy atom. The van der Waals surface area contributed by atoms with Crippen LogP contribution in [-0.2, 0) is 11.3 Å². The van der Waals surface area contributed by atoms with Gasteiger partial charge in [0, 0.05) is 18.8 Å². The van der Waals surface area contributed by atoms with Gasteiger partial charge in [0.15, 0.2) is 0 Å². The van der Waals surface area contributed by atoms with Gasteiger partial charge in [-0.2, -0.15) is 0 Å². The van der Waals surface area contributed by atoms with Crippen LogP contribution in [0.15, 0.2) is 12.1 Å². The molecule has 0 radical (unpaired) electrons. The average molecular weight is 275 g/mol. The molecule has 1 saturated carbocycles. The van der Waals surface area contributed by atoms with Gasteiger partial charge >= 0.3 is 0 Å². The first-order chi connectivity index (χ1) is 9.78. The summed E-state index contributed by atoms with van der Waals surface area (Å²) >= 11 is 0. The number of pyridine rings is 1. The molecule has 2 unspecified atom stereocenters. The predicted molar refractivity (Wildman–Crippen MR) is 81.1 cm³/mol. The van der Waals surface area contributed by atoms with Gasteiger partial charge in [0.25, 0.3) is 0 Å². The van der Waals surface area contributed by atoms with Gasteiger partial charge in [-0.1, -0.05) is 6.92 Å². The number of nitrogens with one attached hydrogen (secondary N) is 1. The lowest BCUT2D eigenvalue weighted by Gasteiger charge is -2.38. The van der Waals surface area contributed by atoms with Gasteiger partial charge in [-0.25, -0.2) is 4.98 Å². The minimum Gasteiger partial charge on any atom is -0.374 e. The fourth-order valence-electron chi connectivity index (χ4n) is 3.45. The van der Waals surface area contributed by atoms with E-state index in [9.17, 15) is 0 Å². The maximum Gasteiger partial charge on any atom is 0.129 e. The topological polar surface area (TPSA) is 37.4 Å². The largest absolute Gasteiger partial charge is 0.374 e. The Hall–Kier alpha value is -1.13. The molecule has 110 valence electrons.